The zero-order chi connectivity index (χ0) is 15.4. The summed E-state index contributed by atoms with van der Waals surface area (Å²) in [6.45, 7) is -1.07. The van der Waals surface area contributed by atoms with Gasteiger partial charge in [0.2, 0.25) is 0 Å². The summed E-state index contributed by atoms with van der Waals surface area (Å²) in [7, 11) is -4.44. The molecule has 2 N–H and O–H groups in total. The van der Waals surface area contributed by atoms with Crippen molar-refractivity contribution < 1.29 is 36.0 Å². The zero-order valence-corrected chi connectivity index (χ0v) is 11.0. The predicted molar refractivity (Wildman–Crippen MR) is 63.4 cm³/mol. The SMILES string of the molecule is O=S(=O)(CCC(F)(F)F)Oc1cccc(CO)c1CO. The zero-order valence-electron chi connectivity index (χ0n) is 10.2. The smallest absolute Gasteiger partial charge is 0.390 e. The molecule has 0 aliphatic carbocycles. The van der Waals surface area contributed by atoms with Crippen molar-refractivity contribution in [3.05, 3.63) is 29.3 Å². The highest BCUT2D eigenvalue weighted by molar-refractivity contribution is 7.87. The summed E-state index contributed by atoms with van der Waals surface area (Å²) in [5.74, 6) is -1.51. The van der Waals surface area contributed by atoms with Gasteiger partial charge in [-0.15, -0.1) is 0 Å². The van der Waals surface area contributed by atoms with Crippen molar-refractivity contribution in [2.45, 2.75) is 25.8 Å². The van der Waals surface area contributed by atoms with Gasteiger partial charge in [-0.25, -0.2) is 0 Å². The lowest BCUT2D eigenvalue weighted by atomic mass is 10.1. The average molecular weight is 314 g/mol. The minimum Gasteiger partial charge on any atom is -0.392 e. The summed E-state index contributed by atoms with van der Waals surface area (Å²) < 4.78 is 63.4. The van der Waals surface area contributed by atoms with Crippen molar-refractivity contribution >= 4 is 10.1 Å². The highest BCUT2D eigenvalue weighted by Gasteiger charge is 2.31. The molecule has 0 aromatic heterocycles. The van der Waals surface area contributed by atoms with Crippen molar-refractivity contribution in [3.8, 4) is 5.75 Å². The average Bonchev–Trinajstić information content (AvgIpc) is 2.35. The van der Waals surface area contributed by atoms with Crippen LogP contribution in [0.5, 0.6) is 5.75 Å². The predicted octanol–water partition coefficient (Wildman–Crippen LogP) is 1.33. The molecular formula is C11H13F3O5S. The Labute approximate surface area is 113 Å². The first-order chi connectivity index (χ1) is 9.18. The van der Waals surface area contributed by atoms with Crippen LogP contribution in [0.25, 0.3) is 0 Å². The van der Waals surface area contributed by atoms with E-state index in [1.165, 1.54) is 18.2 Å². The molecule has 5 nitrogen and oxygen atoms in total. The highest BCUT2D eigenvalue weighted by Crippen LogP contribution is 2.26. The second-order valence-corrected chi connectivity index (χ2v) is 5.61. The number of hydrogen-bond acceptors (Lipinski definition) is 5. The Morgan fingerprint density at radius 2 is 1.80 bits per heavy atom. The summed E-state index contributed by atoms with van der Waals surface area (Å²) in [6, 6.07) is 3.98. The van der Waals surface area contributed by atoms with Gasteiger partial charge in [0.15, 0.2) is 0 Å². The number of halogens is 3. The number of rotatable bonds is 6. The van der Waals surface area contributed by atoms with Crippen molar-refractivity contribution in [3.63, 3.8) is 0 Å². The van der Waals surface area contributed by atoms with E-state index in [0.717, 1.165) is 0 Å². The van der Waals surface area contributed by atoms with E-state index in [4.69, 9.17) is 10.2 Å². The largest absolute Gasteiger partial charge is 0.392 e. The number of aliphatic hydroxyl groups excluding tert-OH is 2. The quantitative estimate of drug-likeness (QED) is 0.774. The van der Waals surface area contributed by atoms with Crippen LogP contribution in [0.1, 0.15) is 17.5 Å². The first-order valence-corrected chi connectivity index (χ1v) is 7.07. The summed E-state index contributed by atoms with van der Waals surface area (Å²) in [6.07, 6.45) is -6.13. The van der Waals surface area contributed by atoms with Gasteiger partial charge >= 0.3 is 16.3 Å². The normalized spacial score (nSPS) is 12.4. The minimum atomic E-state index is -4.61. The van der Waals surface area contributed by atoms with Crippen LogP contribution < -0.4 is 4.18 Å². The molecule has 0 atom stereocenters. The van der Waals surface area contributed by atoms with Gasteiger partial charge in [0.05, 0.1) is 25.4 Å². The van der Waals surface area contributed by atoms with Gasteiger partial charge in [0, 0.05) is 5.56 Å². The maximum absolute atomic E-state index is 12.0. The van der Waals surface area contributed by atoms with E-state index >= 15 is 0 Å². The van der Waals surface area contributed by atoms with Crippen LogP contribution in [-0.4, -0.2) is 30.6 Å². The number of alkyl halides is 3. The Morgan fingerprint density at radius 1 is 1.15 bits per heavy atom. The van der Waals surface area contributed by atoms with E-state index in [0.29, 0.717) is 0 Å². The first-order valence-electron chi connectivity index (χ1n) is 5.50. The molecule has 0 radical (unpaired) electrons. The Kier molecular flexibility index (Phi) is 5.37. The van der Waals surface area contributed by atoms with Gasteiger partial charge in [-0.3, -0.25) is 0 Å². The molecule has 0 fully saturated rings. The fourth-order valence-electron chi connectivity index (χ4n) is 1.44. The van der Waals surface area contributed by atoms with Crippen molar-refractivity contribution in [2.24, 2.45) is 0 Å². The Hall–Kier alpha value is -1.32. The molecule has 0 saturated carbocycles. The van der Waals surface area contributed by atoms with E-state index in [1.54, 1.807) is 0 Å². The third-order valence-corrected chi connectivity index (χ3v) is 3.55. The maximum atomic E-state index is 12.0. The van der Waals surface area contributed by atoms with Gasteiger partial charge in [-0.2, -0.15) is 21.6 Å². The lowest BCUT2D eigenvalue weighted by molar-refractivity contribution is -0.130. The van der Waals surface area contributed by atoms with Gasteiger partial charge in [0.1, 0.15) is 5.75 Å². The van der Waals surface area contributed by atoms with Crippen LogP contribution in [-0.2, 0) is 23.3 Å². The topological polar surface area (TPSA) is 83.8 Å². The maximum Gasteiger partial charge on any atom is 0.390 e. The van der Waals surface area contributed by atoms with Crippen LogP contribution in [0.3, 0.4) is 0 Å². The molecular weight excluding hydrogens is 301 g/mol. The molecule has 1 aromatic rings. The molecule has 20 heavy (non-hydrogen) atoms. The summed E-state index contributed by atoms with van der Waals surface area (Å²) in [4.78, 5) is 0. The van der Waals surface area contributed by atoms with Crippen molar-refractivity contribution in [1.82, 2.24) is 0 Å². The molecule has 0 bridgehead atoms. The van der Waals surface area contributed by atoms with Gasteiger partial charge < -0.3 is 14.4 Å². The van der Waals surface area contributed by atoms with E-state index in [9.17, 15) is 21.6 Å². The molecule has 0 unspecified atom stereocenters. The number of hydrogen-bond donors (Lipinski definition) is 2. The second kappa shape index (κ2) is 6.42. The summed E-state index contributed by atoms with van der Waals surface area (Å²) in [5, 5.41) is 18.1. The Morgan fingerprint density at radius 3 is 2.30 bits per heavy atom. The summed E-state index contributed by atoms with van der Waals surface area (Å²) >= 11 is 0. The molecule has 0 saturated heterocycles. The molecule has 1 rings (SSSR count). The van der Waals surface area contributed by atoms with Crippen LogP contribution >= 0.6 is 0 Å². The Bertz CT molecular complexity index is 554. The van der Waals surface area contributed by atoms with E-state index in [-0.39, 0.29) is 16.9 Å². The standard InChI is InChI=1S/C11H13F3O5S/c12-11(13,14)4-5-20(17,18)19-10-3-1-2-8(6-15)9(10)7-16/h1-3,15-16H,4-7H2. The van der Waals surface area contributed by atoms with Crippen LogP contribution in [0, 0.1) is 0 Å². The first kappa shape index (κ1) is 16.7. The van der Waals surface area contributed by atoms with Gasteiger partial charge in [-0.05, 0) is 11.6 Å². The lowest BCUT2D eigenvalue weighted by Crippen LogP contribution is -2.20. The Balaban J connectivity index is 2.92. The van der Waals surface area contributed by atoms with E-state index < -0.39 is 41.7 Å². The molecule has 0 spiro atoms. The molecule has 0 heterocycles. The number of aliphatic hydroxyl groups is 2. The molecule has 114 valence electrons. The molecule has 9 heteroatoms. The van der Waals surface area contributed by atoms with E-state index in [1.807, 2.05) is 0 Å². The van der Waals surface area contributed by atoms with Crippen LogP contribution in [0.15, 0.2) is 18.2 Å². The fourth-order valence-corrected chi connectivity index (χ4v) is 2.43. The van der Waals surface area contributed by atoms with Crippen LogP contribution in [0.4, 0.5) is 13.2 Å². The second-order valence-electron chi connectivity index (χ2n) is 3.92. The lowest BCUT2D eigenvalue weighted by Gasteiger charge is -2.13. The minimum absolute atomic E-state index is 0.0191. The van der Waals surface area contributed by atoms with Crippen LogP contribution in [0.2, 0.25) is 0 Å². The van der Waals surface area contributed by atoms with E-state index in [2.05, 4.69) is 4.18 Å². The fraction of sp³-hybridized carbons (Fsp3) is 0.455. The van der Waals surface area contributed by atoms with Crippen molar-refractivity contribution in [2.75, 3.05) is 5.75 Å². The summed E-state index contributed by atoms with van der Waals surface area (Å²) in [5.41, 5.74) is 0.251. The van der Waals surface area contributed by atoms with Crippen molar-refractivity contribution in [1.29, 1.82) is 0 Å². The molecule has 0 aliphatic heterocycles. The van der Waals surface area contributed by atoms with Gasteiger partial charge in [-0.1, -0.05) is 12.1 Å². The third-order valence-electron chi connectivity index (χ3n) is 2.41. The molecule has 1 aromatic carbocycles. The highest BCUT2D eigenvalue weighted by atomic mass is 32.2. The molecule has 0 amide bonds. The number of benzene rings is 1. The third kappa shape index (κ3) is 4.99. The monoisotopic (exact) mass is 314 g/mol. The van der Waals surface area contributed by atoms with Gasteiger partial charge in [0.25, 0.3) is 0 Å². The molecule has 0 aliphatic rings.